The number of fused-ring (bicyclic) bond motifs is 1. The first-order valence-electron chi connectivity index (χ1n) is 5.12. The molecule has 16 heavy (non-hydrogen) atoms. The average molecular weight is 234 g/mol. The van der Waals surface area contributed by atoms with E-state index in [0.717, 1.165) is 15.8 Å². The molecule has 1 saturated carbocycles. The minimum atomic E-state index is -0.967. The lowest BCUT2D eigenvalue weighted by molar-refractivity contribution is 0.0693. The molecule has 0 amide bonds. The molecular weight excluding hydrogens is 224 g/mol. The summed E-state index contributed by atoms with van der Waals surface area (Å²) in [5.74, 6) is -0.967. The molecule has 0 aromatic carbocycles. The lowest BCUT2D eigenvalue weighted by atomic mass is 10.2. The Morgan fingerprint density at radius 2 is 2.38 bits per heavy atom. The van der Waals surface area contributed by atoms with Crippen molar-refractivity contribution in [3.05, 3.63) is 23.3 Å². The first-order valence-corrected chi connectivity index (χ1v) is 5.99. The first-order chi connectivity index (χ1) is 7.75. The molecule has 2 aromatic rings. The highest BCUT2D eigenvalue weighted by Gasteiger charge is 2.23. The lowest BCUT2D eigenvalue weighted by Crippen LogP contribution is -2.05. The predicted octanol–water partition coefficient (Wildman–Crippen LogP) is 2.57. The summed E-state index contributed by atoms with van der Waals surface area (Å²) in [6, 6.07) is 2.49. The fourth-order valence-corrected chi connectivity index (χ4v) is 2.57. The molecule has 4 nitrogen and oxygen atoms in total. The molecule has 0 radical (unpaired) electrons. The van der Waals surface area contributed by atoms with Crippen LogP contribution in [0.4, 0.5) is 5.69 Å². The van der Waals surface area contributed by atoms with Gasteiger partial charge in [0.1, 0.15) is 0 Å². The van der Waals surface area contributed by atoms with Gasteiger partial charge in [0.05, 0.1) is 16.6 Å². The molecular formula is C11H10N2O2S. The van der Waals surface area contributed by atoms with E-state index >= 15 is 0 Å². The Bertz CT molecular complexity index is 560. The number of carboxylic acid groups (broad SMARTS) is 1. The third-order valence-electron chi connectivity index (χ3n) is 2.63. The maximum atomic E-state index is 11.0. The molecule has 0 bridgehead atoms. The van der Waals surface area contributed by atoms with E-state index < -0.39 is 5.97 Å². The number of nitrogens with one attached hydrogen (secondary N) is 1. The van der Waals surface area contributed by atoms with Crippen LogP contribution in [0.15, 0.2) is 17.6 Å². The number of carboxylic acids is 1. The zero-order valence-electron chi connectivity index (χ0n) is 8.43. The third-order valence-corrected chi connectivity index (χ3v) is 3.55. The van der Waals surface area contributed by atoms with E-state index in [9.17, 15) is 4.79 Å². The fraction of sp³-hybridized carbons (Fsp3) is 0.273. The second kappa shape index (κ2) is 3.45. The highest BCUT2D eigenvalue weighted by molar-refractivity contribution is 7.17. The normalized spacial score (nSPS) is 15.2. The molecule has 0 unspecified atom stereocenters. The SMILES string of the molecule is O=C(O)c1ncc(NC2CC2)c2ccsc12. The van der Waals surface area contributed by atoms with Crippen molar-refractivity contribution in [3.63, 3.8) is 0 Å². The zero-order valence-corrected chi connectivity index (χ0v) is 9.25. The van der Waals surface area contributed by atoms with E-state index in [1.54, 1.807) is 6.20 Å². The molecule has 2 aromatic heterocycles. The molecule has 2 N–H and O–H groups in total. The van der Waals surface area contributed by atoms with Crippen molar-refractivity contribution >= 4 is 33.1 Å². The first kappa shape index (κ1) is 9.59. The number of pyridine rings is 1. The summed E-state index contributed by atoms with van der Waals surface area (Å²) >= 11 is 1.42. The van der Waals surface area contributed by atoms with Crippen LogP contribution in [0.3, 0.4) is 0 Å². The van der Waals surface area contributed by atoms with E-state index in [0.29, 0.717) is 6.04 Å². The van der Waals surface area contributed by atoms with Gasteiger partial charge >= 0.3 is 5.97 Å². The summed E-state index contributed by atoms with van der Waals surface area (Å²) in [6.07, 6.45) is 4.00. The van der Waals surface area contributed by atoms with Crippen molar-refractivity contribution in [2.45, 2.75) is 18.9 Å². The Kier molecular flexibility index (Phi) is 2.07. The maximum Gasteiger partial charge on any atom is 0.355 e. The molecule has 5 heteroatoms. The van der Waals surface area contributed by atoms with Crippen LogP contribution in [-0.2, 0) is 0 Å². The second-order valence-electron chi connectivity index (χ2n) is 3.91. The van der Waals surface area contributed by atoms with Crippen molar-refractivity contribution in [2.75, 3.05) is 5.32 Å². The number of thiophene rings is 1. The lowest BCUT2D eigenvalue weighted by Gasteiger charge is -2.06. The molecule has 3 rings (SSSR count). The molecule has 1 aliphatic carbocycles. The van der Waals surface area contributed by atoms with E-state index in [4.69, 9.17) is 5.11 Å². The van der Waals surface area contributed by atoms with Crippen LogP contribution in [-0.4, -0.2) is 22.1 Å². The predicted molar refractivity (Wildman–Crippen MR) is 63.2 cm³/mol. The van der Waals surface area contributed by atoms with Gasteiger partial charge in [-0.3, -0.25) is 0 Å². The molecule has 2 heterocycles. The summed E-state index contributed by atoms with van der Waals surface area (Å²) in [7, 11) is 0. The van der Waals surface area contributed by atoms with Gasteiger partial charge in [-0.25, -0.2) is 9.78 Å². The quantitative estimate of drug-likeness (QED) is 0.856. The topological polar surface area (TPSA) is 62.2 Å². The van der Waals surface area contributed by atoms with E-state index in [1.807, 2.05) is 11.4 Å². The van der Waals surface area contributed by atoms with Gasteiger partial charge < -0.3 is 10.4 Å². The number of aromatic nitrogens is 1. The van der Waals surface area contributed by atoms with Crippen molar-refractivity contribution in [3.8, 4) is 0 Å². The Labute approximate surface area is 95.9 Å². The third kappa shape index (κ3) is 1.53. The number of aromatic carboxylic acids is 1. The monoisotopic (exact) mass is 234 g/mol. The zero-order chi connectivity index (χ0) is 11.1. The number of hydrogen-bond donors (Lipinski definition) is 2. The number of nitrogens with zero attached hydrogens (tertiary/aromatic N) is 1. The Morgan fingerprint density at radius 3 is 3.06 bits per heavy atom. The summed E-state index contributed by atoms with van der Waals surface area (Å²) in [5.41, 5.74) is 1.09. The minimum absolute atomic E-state index is 0.145. The molecule has 0 aliphatic heterocycles. The molecule has 1 aliphatic rings. The number of hydrogen-bond acceptors (Lipinski definition) is 4. The summed E-state index contributed by atoms with van der Waals surface area (Å²) in [5, 5.41) is 15.2. The van der Waals surface area contributed by atoms with Gasteiger partial charge in [-0.05, 0) is 24.3 Å². The fourth-order valence-electron chi connectivity index (χ4n) is 1.68. The summed E-state index contributed by atoms with van der Waals surface area (Å²) in [6.45, 7) is 0. The van der Waals surface area contributed by atoms with Crippen molar-refractivity contribution in [1.82, 2.24) is 4.98 Å². The van der Waals surface area contributed by atoms with Gasteiger partial charge in [0.15, 0.2) is 5.69 Å². The number of anilines is 1. The minimum Gasteiger partial charge on any atom is -0.476 e. The molecule has 0 spiro atoms. The number of carbonyl (C=O) groups is 1. The van der Waals surface area contributed by atoms with Crippen molar-refractivity contribution in [1.29, 1.82) is 0 Å². The molecule has 82 valence electrons. The molecule has 0 saturated heterocycles. The standard InChI is InChI=1S/C11H10N2O2S/c14-11(15)9-10-7(3-4-16-10)8(5-12-9)13-6-1-2-6/h3-6,13H,1-2H2,(H,14,15). The summed E-state index contributed by atoms with van der Waals surface area (Å²) in [4.78, 5) is 15.0. The van der Waals surface area contributed by atoms with Gasteiger partial charge in [0.25, 0.3) is 0 Å². The van der Waals surface area contributed by atoms with E-state index in [-0.39, 0.29) is 5.69 Å². The van der Waals surface area contributed by atoms with Crippen LogP contribution >= 0.6 is 11.3 Å². The van der Waals surface area contributed by atoms with Gasteiger partial charge in [0, 0.05) is 11.4 Å². The highest BCUT2D eigenvalue weighted by Crippen LogP contribution is 2.33. The van der Waals surface area contributed by atoms with Crippen LogP contribution in [0.25, 0.3) is 10.1 Å². The van der Waals surface area contributed by atoms with Crippen LogP contribution < -0.4 is 5.32 Å². The molecule has 0 atom stereocenters. The Balaban J connectivity index is 2.13. The Hall–Kier alpha value is -1.62. The van der Waals surface area contributed by atoms with Gasteiger partial charge in [-0.15, -0.1) is 11.3 Å². The molecule has 1 fully saturated rings. The van der Waals surface area contributed by atoms with E-state index in [2.05, 4.69) is 10.3 Å². The van der Waals surface area contributed by atoms with Crippen molar-refractivity contribution in [2.24, 2.45) is 0 Å². The largest absolute Gasteiger partial charge is 0.476 e. The van der Waals surface area contributed by atoms with Crippen LogP contribution in [0, 0.1) is 0 Å². The number of rotatable bonds is 3. The van der Waals surface area contributed by atoms with Crippen molar-refractivity contribution < 1.29 is 9.90 Å². The van der Waals surface area contributed by atoms with Gasteiger partial charge in [-0.1, -0.05) is 0 Å². The van der Waals surface area contributed by atoms with Crippen LogP contribution in [0.1, 0.15) is 23.3 Å². The maximum absolute atomic E-state index is 11.0. The van der Waals surface area contributed by atoms with Gasteiger partial charge in [0.2, 0.25) is 0 Å². The van der Waals surface area contributed by atoms with E-state index in [1.165, 1.54) is 24.2 Å². The smallest absolute Gasteiger partial charge is 0.355 e. The summed E-state index contributed by atoms with van der Waals surface area (Å²) < 4.78 is 0.748. The van der Waals surface area contributed by atoms with Gasteiger partial charge in [-0.2, -0.15) is 0 Å². The van der Waals surface area contributed by atoms with Crippen LogP contribution in [0.5, 0.6) is 0 Å². The Morgan fingerprint density at radius 1 is 1.56 bits per heavy atom. The highest BCUT2D eigenvalue weighted by atomic mass is 32.1. The van der Waals surface area contributed by atoms with Crippen LogP contribution in [0.2, 0.25) is 0 Å². The average Bonchev–Trinajstić information content (AvgIpc) is 2.93. The second-order valence-corrected chi connectivity index (χ2v) is 4.82.